The zero-order valence-corrected chi connectivity index (χ0v) is 17.1. The van der Waals surface area contributed by atoms with Crippen LogP contribution in [0, 0.1) is 6.92 Å². The van der Waals surface area contributed by atoms with Crippen LogP contribution in [0.3, 0.4) is 0 Å². The molecule has 0 radical (unpaired) electrons. The number of esters is 1. The van der Waals surface area contributed by atoms with Gasteiger partial charge in [-0.15, -0.1) is 0 Å². The van der Waals surface area contributed by atoms with Crippen LogP contribution in [0.4, 0.5) is 0 Å². The molecule has 0 saturated heterocycles. The highest BCUT2D eigenvalue weighted by Crippen LogP contribution is 2.14. The van der Waals surface area contributed by atoms with Gasteiger partial charge in [0, 0.05) is 17.8 Å². The van der Waals surface area contributed by atoms with Crippen LogP contribution in [0.2, 0.25) is 0 Å². The fraction of sp³-hybridized carbons (Fsp3) is 0.250. The second kappa shape index (κ2) is 8.14. The van der Waals surface area contributed by atoms with E-state index in [2.05, 4.69) is 9.71 Å². The van der Waals surface area contributed by atoms with E-state index < -0.39 is 16.0 Å². The summed E-state index contributed by atoms with van der Waals surface area (Å²) in [5.41, 5.74) is 1.32. The lowest BCUT2D eigenvalue weighted by Gasteiger charge is -2.11. The third kappa shape index (κ3) is 4.69. The van der Waals surface area contributed by atoms with Gasteiger partial charge < -0.3 is 4.74 Å². The molecule has 2 aromatic heterocycles. The monoisotopic (exact) mass is 415 g/mol. The topological polar surface area (TPSA) is 107 Å². The molecule has 3 aromatic rings. The van der Waals surface area contributed by atoms with Crippen LogP contribution in [0.25, 0.3) is 5.65 Å². The van der Waals surface area contributed by atoms with E-state index in [9.17, 15) is 18.0 Å². The Kier molecular flexibility index (Phi) is 5.81. The second-order valence-corrected chi connectivity index (χ2v) is 8.54. The minimum absolute atomic E-state index is 0.0294. The first-order valence-electron chi connectivity index (χ1n) is 8.95. The number of hydrogen-bond donors (Lipinski definition) is 1. The molecule has 2 heterocycles. The third-order valence-corrected chi connectivity index (χ3v) is 5.71. The quantitative estimate of drug-likeness (QED) is 0.618. The zero-order chi connectivity index (χ0) is 21.2. The summed E-state index contributed by atoms with van der Waals surface area (Å²) in [6.07, 6.45) is 0. The number of sulfonamides is 1. The van der Waals surface area contributed by atoms with Gasteiger partial charge in [-0.05, 0) is 51.1 Å². The van der Waals surface area contributed by atoms with Gasteiger partial charge in [-0.3, -0.25) is 9.20 Å². The molecule has 9 heteroatoms. The van der Waals surface area contributed by atoms with Crippen molar-refractivity contribution in [2.75, 3.05) is 0 Å². The highest BCUT2D eigenvalue weighted by Gasteiger charge is 2.18. The van der Waals surface area contributed by atoms with E-state index >= 15 is 0 Å². The summed E-state index contributed by atoms with van der Waals surface area (Å²) in [6, 6.07) is 11.9. The molecule has 0 aliphatic carbocycles. The Bertz CT molecular complexity index is 1230. The van der Waals surface area contributed by atoms with Gasteiger partial charge in [0.25, 0.3) is 5.56 Å². The number of rotatable bonds is 6. The van der Waals surface area contributed by atoms with Crippen molar-refractivity contribution in [2.45, 2.75) is 38.3 Å². The maximum Gasteiger partial charge on any atom is 0.338 e. The average Bonchev–Trinajstić information content (AvgIpc) is 2.65. The molecular weight excluding hydrogens is 394 g/mol. The van der Waals surface area contributed by atoms with E-state index in [0.717, 1.165) is 5.69 Å². The van der Waals surface area contributed by atoms with Gasteiger partial charge in [-0.2, -0.15) is 0 Å². The number of benzene rings is 1. The molecule has 0 spiro atoms. The van der Waals surface area contributed by atoms with E-state index in [1.54, 1.807) is 39.0 Å². The highest BCUT2D eigenvalue weighted by molar-refractivity contribution is 7.89. The van der Waals surface area contributed by atoms with Gasteiger partial charge >= 0.3 is 5.97 Å². The van der Waals surface area contributed by atoms with Crippen molar-refractivity contribution in [1.82, 2.24) is 14.1 Å². The van der Waals surface area contributed by atoms with Crippen molar-refractivity contribution in [2.24, 2.45) is 0 Å². The Hall–Kier alpha value is -3.04. The molecule has 0 amide bonds. The number of hydrogen-bond acceptors (Lipinski definition) is 6. The Morgan fingerprint density at radius 1 is 1.17 bits per heavy atom. The summed E-state index contributed by atoms with van der Waals surface area (Å²) in [4.78, 5) is 29.0. The molecule has 0 aliphatic heterocycles. The van der Waals surface area contributed by atoms with Crippen LogP contribution in [-0.4, -0.2) is 29.8 Å². The molecule has 8 nitrogen and oxygen atoms in total. The van der Waals surface area contributed by atoms with Crippen molar-refractivity contribution < 1.29 is 17.9 Å². The molecule has 0 fully saturated rings. The Labute approximate surface area is 168 Å². The van der Waals surface area contributed by atoms with Crippen molar-refractivity contribution in [3.63, 3.8) is 0 Å². The Morgan fingerprint density at radius 2 is 1.90 bits per heavy atom. The maximum absolute atomic E-state index is 12.4. The lowest BCUT2D eigenvalue weighted by atomic mass is 10.2. The third-order valence-electron chi connectivity index (χ3n) is 4.06. The van der Waals surface area contributed by atoms with Crippen LogP contribution >= 0.6 is 0 Å². The second-order valence-electron chi connectivity index (χ2n) is 6.83. The Balaban J connectivity index is 1.79. The molecule has 1 aromatic carbocycles. The number of nitrogens with one attached hydrogen (secondary N) is 1. The summed E-state index contributed by atoms with van der Waals surface area (Å²) in [5, 5.41) is 0. The van der Waals surface area contributed by atoms with Gasteiger partial charge in [-0.1, -0.05) is 12.1 Å². The number of aryl methyl sites for hydroxylation is 1. The number of nitrogens with zero attached hydrogens (tertiary/aromatic N) is 2. The molecule has 3 rings (SSSR count). The maximum atomic E-state index is 12.4. The lowest BCUT2D eigenvalue weighted by molar-refractivity contribution is 0.0467. The minimum Gasteiger partial charge on any atom is -0.456 e. The van der Waals surface area contributed by atoms with Gasteiger partial charge in [-0.25, -0.2) is 22.9 Å². The summed E-state index contributed by atoms with van der Waals surface area (Å²) in [5.74, 6) is -0.710. The van der Waals surface area contributed by atoms with Gasteiger partial charge in [0.1, 0.15) is 12.3 Å². The molecule has 0 bridgehead atoms. The highest BCUT2D eigenvalue weighted by atomic mass is 32.2. The van der Waals surface area contributed by atoms with Crippen LogP contribution < -0.4 is 10.3 Å². The fourth-order valence-corrected chi connectivity index (χ4v) is 4.13. The van der Waals surface area contributed by atoms with E-state index in [1.165, 1.54) is 34.7 Å². The summed E-state index contributed by atoms with van der Waals surface area (Å²) >= 11 is 0. The first kappa shape index (κ1) is 20.7. The Morgan fingerprint density at radius 3 is 2.62 bits per heavy atom. The number of aromatic nitrogens is 2. The number of carbonyl (C=O) groups is 1. The summed E-state index contributed by atoms with van der Waals surface area (Å²) in [6.45, 7) is 5.00. The standard InChI is InChI=1S/C20H21N3O5S/c1-13(2)22-29(26,27)17-8-5-7-15(10-17)20(25)28-12-16-11-19(24)23-14(3)6-4-9-18(23)21-16/h4-11,13,22H,12H2,1-3H3. The number of carbonyl (C=O) groups excluding carboxylic acids is 1. The SMILES string of the molecule is Cc1cccc2nc(COC(=O)c3cccc(S(=O)(=O)NC(C)C)c3)cc(=O)n12. The van der Waals surface area contributed by atoms with Crippen molar-refractivity contribution in [1.29, 1.82) is 0 Å². The number of pyridine rings is 1. The minimum atomic E-state index is -3.73. The first-order chi connectivity index (χ1) is 13.7. The van der Waals surface area contributed by atoms with Crippen LogP contribution in [0.1, 0.15) is 35.6 Å². The van der Waals surface area contributed by atoms with Crippen molar-refractivity contribution >= 4 is 21.6 Å². The summed E-state index contributed by atoms with van der Waals surface area (Å²) < 4.78 is 33.7. The van der Waals surface area contributed by atoms with Gasteiger partial charge in [0.2, 0.25) is 10.0 Å². The molecular formula is C20H21N3O5S. The average molecular weight is 415 g/mol. The smallest absolute Gasteiger partial charge is 0.338 e. The van der Waals surface area contributed by atoms with E-state index in [-0.39, 0.29) is 28.7 Å². The van der Waals surface area contributed by atoms with Crippen LogP contribution in [-0.2, 0) is 21.4 Å². The first-order valence-corrected chi connectivity index (χ1v) is 10.4. The van der Waals surface area contributed by atoms with Crippen LogP contribution in [0.15, 0.2) is 58.2 Å². The molecule has 0 saturated carbocycles. The van der Waals surface area contributed by atoms with Gasteiger partial charge in [0.15, 0.2) is 0 Å². The molecule has 152 valence electrons. The normalized spacial score (nSPS) is 11.7. The number of fused-ring (bicyclic) bond motifs is 1. The van der Waals surface area contributed by atoms with E-state index in [0.29, 0.717) is 11.3 Å². The largest absolute Gasteiger partial charge is 0.456 e. The van der Waals surface area contributed by atoms with Gasteiger partial charge in [0.05, 0.1) is 16.2 Å². The summed E-state index contributed by atoms with van der Waals surface area (Å²) in [7, 11) is -3.73. The molecule has 1 N–H and O–H groups in total. The fourth-order valence-electron chi connectivity index (χ4n) is 2.83. The zero-order valence-electron chi connectivity index (χ0n) is 16.2. The number of ether oxygens (including phenoxy) is 1. The van der Waals surface area contributed by atoms with Crippen molar-refractivity contribution in [3.8, 4) is 0 Å². The van der Waals surface area contributed by atoms with Crippen molar-refractivity contribution in [3.05, 3.63) is 75.8 Å². The van der Waals surface area contributed by atoms with E-state index in [1.807, 2.05) is 0 Å². The van der Waals surface area contributed by atoms with E-state index in [4.69, 9.17) is 4.74 Å². The molecule has 0 aliphatic rings. The molecule has 29 heavy (non-hydrogen) atoms. The van der Waals surface area contributed by atoms with Crippen LogP contribution in [0.5, 0.6) is 0 Å². The molecule has 0 unspecified atom stereocenters. The predicted molar refractivity (Wildman–Crippen MR) is 107 cm³/mol. The predicted octanol–water partition coefficient (Wildman–Crippen LogP) is 2.05. The lowest BCUT2D eigenvalue weighted by Crippen LogP contribution is -2.30. The molecule has 0 atom stereocenters.